The first kappa shape index (κ1) is 11.2. The van der Waals surface area contributed by atoms with Crippen molar-refractivity contribution in [3.63, 3.8) is 0 Å². The molecule has 3 nitrogen and oxygen atoms in total. The van der Waals surface area contributed by atoms with Crippen LogP contribution in [0.1, 0.15) is 18.7 Å². The lowest BCUT2D eigenvalue weighted by molar-refractivity contribution is 0.456. The second-order valence-electron chi connectivity index (χ2n) is 3.56. The van der Waals surface area contributed by atoms with Gasteiger partial charge in [-0.05, 0) is 26.1 Å². The zero-order valence-electron chi connectivity index (χ0n) is 9.20. The van der Waals surface area contributed by atoms with Gasteiger partial charge >= 0.3 is 0 Å². The van der Waals surface area contributed by atoms with Crippen LogP contribution < -0.4 is 5.32 Å². The molecule has 0 aliphatic rings. The Morgan fingerprint density at radius 2 is 2.12 bits per heavy atom. The van der Waals surface area contributed by atoms with Crippen LogP contribution in [0.4, 0.5) is 0 Å². The highest BCUT2D eigenvalue weighted by molar-refractivity contribution is 6.33. The minimum atomic E-state index is 0.142. The Balaban J connectivity index is 2.35. The number of hydrogen-bond acceptors (Lipinski definition) is 3. The third kappa shape index (κ3) is 2.10. The zero-order valence-corrected chi connectivity index (χ0v) is 9.95. The fraction of sp³-hybridized carbons (Fsp3) is 0.250. The number of nitrogens with zero attached hydrogens (tertiary/aromatic N) is 1. The molecule has 0 aliphatic carbocycles. The Morgan fingerprint density at radius 3 is 2.81 bits per heavy atom. The van der Waals surface area contributed by atoms with Gasteiger partial charge in [0.05, 0.1) is 22.8 Å². The molecule has 1 aromatic heterocycles. The van der Waals surface area contributed by atoms with Gasteiger partial charge in [0.15, 0.2) is 0 Å². The number of aromatic nitrogens is 1. The predicted octanol–water partition coefficient (Wildman–Crippen LogP) is 3.28. The molecule has 0 saturated carbocycles. The summed E-state index contributed by atoms with van der Waals surface area (Å²) >= 11 is 6.07. The maximum atomic E-state index is 6.07. The Hall–Kier alpha value is -1.32. The summed E-state index contributed by atoms with van der Waals surface area (Å²) < 4.78 is 5.65. The van der Waals surface area contributed by atoms with E-state index in [0.717, 1.165) is 11.3 Å². The Morgan fingerprint density at radius 1 is 1.38 bits per heavy atom. The highest BCUT2D eigenvalue weighted by Crippen LogP contribution is 2.28. The minimum absolute atomic E-state index is 0.142. The topological polar surface area (TPSA) is 38.1 Å². The lowest BCUT2D eigenvalue weighted by Gasteiger charge is -2.04. The van der Waals surface area contributed by atoms with Gasteiger partial charge in [-0.25, -0.2) is 4.98 Å². The maximum Gasteiger partial charge on any atom is 0.227 e. The molecule has 16 heavy (non-hydrogen) atoms. The second kappa shape index (κ2) is 4.68. The molecule has 0 saturated heterocycles. The van der Waals surface area contributed by atoms with Crippen LogP contribution in [-0.4, -0.2) is 12.0 Å². The van der Waals surface area contributed by atoms with E-state index < -0.39 is 0 Å². The van der Waals surface area contributed by atoms with Crippen molar-refractivity contribution in [1.29, 1.82) is 0 Å². The first-order chi connectivity index (χ1) is 7.72. The van der Waals surface area contributed by atoms with Crippen LogP contribution in [0.25, 0.3) is 11.5 Å². The summed E-state index contributed by atoms with van der Waals surface area (Å²) in [6.07, 6.45) is 1.72. The number of benzene rings is 1. The molecule has 1 N–H and O–H groups in total. The molecule has 0 aliphatic heterocycles. The van der Waals surface area contributed by atoms with Gasteiger partial charge in [-0.15, -0.1) is 0 Å². The second-order valence-corrected chi connectivity index (χ2v) is 3.97. The summed E-state index contributed by atoms with van der Waals surface area (Å²) in [6.45, 7) is 2.01. The number of oxazole rings is 1. The predicted molar refractivity (Wildman–Crippen MR) is 64.4 cm³/mol. The van der Waals surface area contributed by atoms with E-state index in [1.165, 1.54) is 0 Å². The van der Waals surface area contributed by atoms with Crippen molar-refractivity contribution in [2.45, 2.75) is 13.0 Å². The normalized spacial score (nSPS) is 12.7. The van der Waals surface area contributed by atoms with E-state index in [9.17, 15) is 0 Å². The smallest absolute Gasteiger partial charge is 0.227 e. The number of nitrogens with one attached hydrogen (secondary N) is 1. The quantitative estimate of drug-likeness (QED) is 0.889. The molecule has 84 valence electrons. The number of hydrogen-bond donors (Lipinski definition) is 1. The van der Waals surface area contributed by atoms with E-state index >= 15 is 0 Å². The first-order valence-corrected chi connectivity index (χ1v) is 5.48. The van der Waals surface area contributed by atoms with Crippen molar-refractivity contribution in [2.24, 2.45) is 0 Å². The summed E-state index contributed by atoms with van der Waals surface area (Å²) in [5, 5.41) is 3.74. The fourth-order valence-corrected chi connectivity index (χ4v) is 1.60. The number of rotatable bonds is 3. The van der Waals surface area contributed by atoms with E-state index in [2.05, 4.69) is 10.3 Å². The highest BCUT2D eigenvalue weighted by atomic mass is 35.5. The molecule has 0 amide bonds. The van der Waals surface area contributed by atoms with Crippen LogP contribution in [0.5, 0.6) is 0 Å². The van der Waals surface area contributed by atoms with E-state index in [1.807, 2.05) is 38.2 Å². The summed E-state index contributed by atoms with van der Waals surface area (Å²) in [5.74, 6) is 1.36. The molecule has 2 rings (SSSR count). The Kier molecular flexibility index (Phi) is 3.27. The van der Waals surface area contributed by atoms with Gasteiger partial charge in [0, 0.05) is 0 Å². The molecule has 0 fully saturated rings. The average molecular weight is 237 g/mol. The van der Waals surface area contributed by atoms with Crippen molar-refractivity contribution >= 4 is 11.6 Å². The molecule has 4 heteroatoms. The van der Waals surface area contributed by atoms with Gasteiger partial charge in [-0.1, -0.05) is 23.7 Å². The molecule has 1 aromatic carbocycles. The first-order valence-electron chi connectivity index (χ1n) is 5.10. The molecule has 1 heterocycles. The standard InChI is InChI=1S/C12H13ClN2O/c1-8(14-2)11-7-15-12(16-11)9-5-3-4-6-10(9)13/h3-8,14H,1-2H3. The summed E-state index contributed by atoms with van der Waals surface area (Å²) in [5.41, 5.74) is 0.818. The monoisotopic (exact) mass is 236 g/mol. The lowest BCUT2D eigenvalue weighted by atomic mass is 10.2. The summed E-state index contributed by atoms with van der Waals surface area (Å²) in [6, 6.07) is 7.65. The van der Waals surface area contributed by atoms with E-state index in [1.54, 1.807) is 6.20 Å². The Bertz CT molecular complexity index is 481. The lowest BCUT2D eigenvalue weighted by Crippen LogP contribution is -2.11. The van der Waals surface area contributed by atoms with Gasteiger partial charge < -0.3 is 9.73 Å². The summed E-state index contributed by atoms with van der Waals surface area (Å²) in [7, 11) is 1.88. The molecule has 2 aromatic rings. The molecule has 0 spiro atoms. The van der Waals surface area contributed by atoms with Crippen molar-refractivity contribution in [1.82, 2.24) is 10.3 Å². The molecule has 1 atom stereocenters. The highest BCUT2D eigenvalue weighted by Gasteiger charge is 2.12. The van der Waals surface area contributed by atoms with Gasteiger partial charge in [-0.2, -0.15) is 0 Å². The van der Waals surface area contributed by atoms with Crippen LogP contribution in [0.2, 0.25) is 5.02 Å². The van der Waals surface area contributed by atoms with Crippen molar-refractivity contribution in [3.05, 3.63) is 41.2 Å². The van der Waals surface area contributed by atoms with Crippen molar-refractivity contribution < 1.29 is 4.42 Å². The third-order valence-electron chi connectivity index (χ3n) is 2.49. The van der Waals surface area contributed by atoms with Crippen LogP contribution in [0.3, 0.4) is 0 Å². The van der Waals surface area contributed by atoms with Crippen LogP contribution >= 0.6 is 11.6 Å². The SMILES string of the molecule is CNC(C)c1cnc(-c2ccccc2Cl)o1. The van der Waals surface area contributed by atoms with E-state index in [0.29, 0.717) is 10.9 Å². The largest absolute Gasteiger partial charge is 0.439 e. The van der Waals surface area contributed by atoms with Crippen molar-refractivity contribution in [3.8, 4) is 11.5 Å². The zero-order chi connectivity index (χ0) is 11.5. The molecule has 0 radical (unpaired) electrons. The van der Waals surface area contributed by atoms with Gasteiger partial charge in [-0.3, -0.25) is 0 Å². The van der Waals surface area contributed by atoms with Gasteiger partial charge in [0.25, 0.3) is 0 Å². The van der Waals surface area contributed by atoms with Gasteiger partial charge in [0.2, 0.25) is 5.89 Å². The summed E-state index contributed by atoms with van der Waals surface area (Å²) in [4.78, 5) is 4.23. The minimum Gasteiger partial charge on any atom is -0.439 e. The molecular weight excluding hydrogens is 224 g/mol. The molecule has 0 bridgehead atoms. The third-order valence-corrected chi connectivity index (χ3v) is 2.82. The molecule has 1 unspecified atom stereocenters. The van der Waals surface area contributed by atoms with E-state index in [4.69, 9.17) is 16.0 Å². The van der Waals surface area contributed by atoms with Crippen LogP contribution in [0.15, 0.2) is 34.9 Å². The fourth-order valence-electron chi connectivity index (χ4n) is 1.39. The van der Waals surface area contributed by atoms with E-state index in [-0.39, 0.29) is 6.04 Å². The van der Waals surface area contributed by atoms with Crippen LogP contribution in [-0.2, 0) is 0 Å². The Labute approximate surface area is 99.5 Å². The maximum absolute atomic E-state index is 6.07. The van der Waals surface area contributed by atoms with Gasteiger partial charge in [0.1, 0.15) is 5.76 Å². The van der Waals surface area contributed by atoms with Crippen LogP contribution in [0, 0.1) is 0 Å². The average Bonchev–Trinajstić information content (AvgIpc) is 2.78. The van der Waals surface area contributed by atoms with Crippen molar-refractivity contribution in [2.75, 3.05) is 7.05 Å². The molecular formula is C12H13ClN2O. The number of halogens is 1.